The highest BCUT2D eigenvalue weighted by atomic mass is 35.5. The van der Waals surface area contributed by atoms with E-state index in [-0.39, 0.29) is 23.5 Å². The van der Waals surface area contributed by atoms with Crippen molar-refractivity contribution in [3.8, 4) is 5.75 Å². The molecule has 0 spiro atoms. The van der Waals surface area contributed by atoms with Gasteiger partial charge in [0.05, 0.1) is 17.5 Å². The van der Waals surface area contributed by atoms with Gasteiger partial charge in [-0.1, -0.05) is 32.4 Å². The third-order valence-corrected chi connectivity index (χ3v) is 4.14. The number of anilines is 1. The van der Waals surface area contributed by atoms with E-state index in [0.717, 1.165) is 23.3 Å². The number of hydrogen-bond acceptors (Lipinski definition) is 3. The number of imidazole rings is 1. The number of nitrogens with zero attached hydrogens (tertiary/aromatic N) is 1. The van der Waals surface area contributed by atoms with Gasteiger partial charge >= 0.3 is 0 Å². The Kier molecular flexibility index (Phi) is 4.92. The Morgan fingerprint density at radius 2 is 2.00 bits per heavy atom. The summed E-state index contributed by atoms with van der Waals surface area (Å²) in [7, 11) is 0. The summed E-state index contributed by atoms with van der Waals surface area (Å²) in [6, 6.07) is 10.2. The minimum absolute atomic E-state index is 0.0419. The first-order chi connectivity index (χ1) is 12.2. The van der Waals surface area contributed by atoms with E-state index in [4.69, 9.17) is 11.6 Å². The zero-order valence-corrected chi connectivity index (χ0v) is 15.8. The highest BCUT2D eigenvalue weighted by molar-refractivity contribution is 6.30. The predicted octanol–water partition coefficient (Wildman–Crippen LogP) is 4.69. The maximum atomic E-state index is 12.3. The van der Waals surface area contributed by atoms with Crippen LogP contribution in [0, 0.1) is 5.41 Å². The fraction of sp³-hybridized carbons (Fsp3) is 0.300. The second-order valence-electron chi connectivity index (χ2n) is 7.65. The van der Waals surface area contributed by atoms with Crippen LogP contribution in [0.15, 0.2) is 36.4 Å². The molecule has 136 valence electrons. The Morgan fingerprint density at radius 1 is 1.23 bits per heavy atom. The molecule has 0 saturated carbocycles. The van der Waals surface area contributed by atoms with Gasteiger partial charge in [-0.15, -0.1) is 0 Å². The number of H-pyrrole nitrogens is 1. The topological polar surface area (TPSA) is 78.0 Å². The summed E-state index contributed by atoms with van der Waals surface area (Å²) < 4.78 is 0. The van der Waals surface area contributed by atoms with Crippen molar-refractivity contribution in [1.82, 2.24) is 9.97 Å². The molecule has 1 aromatic heterocycles. The predicted molar refractivity (Wildman–Crippen MR) is 105 cm³/mol. The number of aromatic hydroxyl groups is 1. The number of fused-ring (bicyclic) bond motifs is 1. The molecule has 3 rings (SSSR count). The summed E-state index contributed by atoms with van der Waals surface area (Å²) in [6.07, 6.45) is 0.887. The van der Waals surface area contributed by atoms with Gasteiger partial charge in [0.25, 0.3) is 0 Å². The monoisotopic (exact) mass is 371 g/mol. The van der Waals surface area contributed by atoms with Gasteiger partial charge in [-0.2, -0.15) is 0 Å². The van der Waals surface area contributed by atoms with E-state index < -0.39 is 0 Å². The lowest BCUT2D eigenvalue weighted by molar-refractivity contribution is -0.115. The third-order valence-electron chi connectivity index (χ3n) is 3.91. The van der Waals surface area contributed by atoms with Crippen molar-refractivity contribution in [1.29, 1.82) is 0 Å². The van der Waals surface area contributed by atoms with Gasteiger partial charge in [-0.3, -0.25) is 4.79 Å². The summed E-state index contributed by atoms with van der Waals surface area (Å²) in [5, 5.41) is 13.2. The molecule has 3 N–H and O–H groups in total. The molecule has 0 bridgehead atoms. The van der Waals surface area contributed by atoms with Crippen molar-refractivity contribution in [3.63, 3.8) is 0 Å². The van der Waals surface area contributed by atoms with Crippen LogP contribution in [0.4, 0.5) is 5.69 Å². The molecule has 0 atom stereocenters. The lowest BCUT2D eigenvalue weighted by Gasteiger charge is -2.15. The molecule has 0 fully saturated rings. The molecule has 1 amide bonds. The Balaban J connectivity index is 1.74. The molecule has 5 nitrogen and oxygen atoms in total. The van der Waals surface area contributed by atoms with Crippen LogP contribution in [-0.2, 0) is 17.6 Å². The SMILES string of the molecule is CC(C)(C)Cc1nc2cc(NC(=O)Cc3cc(Cl)ccc3O)ccc2[nH]1. The molecule has 26 heavy (non-hydrogen) atoms. The molecule has 0 aliphatic rings. The molecule has 6 heteroatoms. The zero-order chi connectivity index (χ0) is 18.9. The molecular formula is C20H22ClN3O2. The van der Waals surface area contributed by atoms with Crippen molar-refractivity contribution in [2.24, 2.45) is 5.41 Å². The molecule has 2 aromatic carbocycles. The van der Waals surface area contributed by atoms with Gasteiger partial charge < -0.3 is 15.4 Å². The van der Waals surface area contributed by atoms with Crippen LogP contribution in [0.3, 0.4) is 0 Å². The molecular weight excluding hydrogens is 350 g/mol. The lowest BCUT2D eigenvalue weighted by Crippen LogP contribution is -2.14. The second kappa shape index (κ2) is 7.00. The number of aromatic nitrogens is 2. The fourth-order valence-corrected chi connectivity index (χ4v) is 2.99. The first kappa shape index (κ1) is 18.3. The van der Waals surface area contributed by atoms with Crippen molar-refractivity contribution in [2.75, 3.05) is 5.32 Å². The summed E-state index contributed by atoms with van der Waals surface area (Å²) in [5.74, 6) is 0.756. The molecule has 3 aromatic rings. The number of phenols is 1. The van der Waals surface area contributed by atoms with Crippen LogP contribution in [0.1, 0.15) is 32.2 Å². The zero-order valence-electron chi connectivity index (χ0n) is 15.1. The van der Waals surface area contributed by atoms with E-state index in [1.165, 1.54) is 6.07 Å². The lowest BCUT2D eigenvalue weighted by atomic mass is 9.92. The first-order valence-corrected chi connectivity index (χ1v) is 8.83. The van der Waals surface area contributed by atoms with Crippen molar-refractivity contribution in [3.05, 3.63) is 52.8 Å². The molecule has 1 heterocycles. The van der Waals surface area contributed by atoms with Gasteiger partial charge in [0.2, 0.25) is 5.91 Å². The normalized spacial score (nSPS) is 11.7. The number of halogens is 1. The summed E-state index contributed by atoms with van der Waals surface area (Å²) in [5.41, 5.74) is 3.05. The largest absolute Gasteiger partial charge is 0.508 e. The number of phenolic OH excluding ortho intramolecular Hbond substituents is 1. The molecule has 0 unspecified atom stereocenters. The van der Waals surface area contributed by atoms with Gasteiger partial charge in [-0.05, 0) is 41.8 Å². The Hall–Kier alpha value is -2.53. The van der Waals surface area contributed by atoms with Gasteiger partial charge in [0, 0.05) is 22.7 Å². The average Bonchev–Trinajstić information content (AvgIpc) is 2.90. The number of amides is 1. The van der Waals surface area contributed by atoms with Gasteiger partial charge in [-0.25, -0.2) is 4.98 Å². The van der Waals surface area contributed by atoms with E-state index in [9.17, 15) is 9.90 Å². The van der Waals surface area contributed by atoms with Crippen LogP contribution in [-0.4, -0.2) is 21.0 Å². The highest BCUT2D eigenvalue weighted by Gasteiger charge is 2.15. The van der Waals surface area contributed by atoms with Gasteiger partial charge in [0.1, 0.15) is 11.6 Å². The number of carbonyl (C=O) groups is 1. The van der Waals surface area contributed by atoms with E-state index in [1.54, 1.807) is 12.1 Å². The highest BCUT2D eigenvalue weighted by Crippen LogP contribution is 2.24. The van der Waals surface area contributed by atoms with E-state index in [1.807, 2.05) is 18.2 Å². The van der Waals surface area contributed by atoms with Crippen LogP contribution < -0.4 is 5.32 Å². The number of carbonyl (C=O) groups excluding carboxylic acids is 1. The molecule has 0 saturated heterocycles. The maximum absolute atomic E-state index is 12.3. The Morgan fingerprint density at radius 3 is 2.73 bits per heavy atom. The molecule has 0 aliphatic heterocycles. The summed E-state index contributed by atoms with van der Waals surface area (Å²) in [4.78, 5) is 20.2. The second-order valence-corrected chi connectivity index (χ2v) is 8.09. The third kappa shape index (κ3) is 4.55. The number of rotatable bonds is 4. The van der Waals surface area contributed by atoms with Crippen molar-refractivity contribution >= 4 is 34.2 Å². The number of aromatic amines is 1. The van der Waals surface area contributed by atoms with E-state index in [2.05, 4.69) is 36.1 Å². The van der Waals surface area contributed by atoms with E-state index in [0.29, 0.717) is 16.3 Å². The smallest absolute Gasteiger partial charge is 0.228 e. The minimum Gasteiger partial charge on any atom is -0.508 e. The van der Waals surface area contributed by atoms with Crippen molar-refractivity contribution in [2.45, 2.75) is 33.6 Å². The molecule has 0 aliphatic carbocycles. The van der Waals surface area contributed by atoms with Crippen molar-refractivity contribution < 1.29 is 9.90 Å². The van der Waals surface area contributed by atoms with E-state index >= 15 is 0 Å². The maximum Gasteiger partial charge on any atom is 0.228 e. The van der Waals surface area contributed by atoms with Gasteiger partial charge in [0.15, 0.2) is 0 Å². The number of nitrogens with one attached hydrogen (secondary N) is 2. The van der Waals surface area contributed by atoms with Crippen LogP contribution >= 0.6 is 11.6 Å². The summed E-state index contributed by atoms with van der Waals surface area (Å²) >= 11 is 5.92. The molecule has 0 radical (unpaired) electrons. The fourth-order valence-electron chi connectivity index (χ4n) is 2.80. The standard InChI is InChI=1S/C20H22ClN3O2/c1-20(2,3)11-18-23-15-6-5-14(10-16(15)24-18)22-19(26)9-12-8-13(21)4-7-17(12)25/h4-8,10,25H,9,11H2,1-3H3,(H,22,26)(H,23,24). The Bertz CT molecular complexity index is 957. The first-order valence-electron chi connectivity index (χ1n) is 8.45. The quantitative estimate of drug-likeness (QED) is 0.622. The number of benzene rings is 2. The van der Waals surface area contributed by atoms with Crippen LogP contribution in [0.2, 0.25) is 5.02 Å². The minimum atomic E-state index is -0.229. The van der Waals surface area contributed by atoms with Crippen LogP contribution in [0.25, 0.3) is 11.0 Å². The number of hydrogen-bond donors (Lipinski definition) is 3. The average molecular weight is 372 g/mol. The van der Waals surface area contributed by atoms with Crippen LogP contribution in [0.5, 0.6) is 5.75 Å². The summed E-state index contributed by atoms with van der Waals surface area (Å²) in [6.45, 7) is 6.49. The Labute approximate surface area is 157 Å².